The summed E-state index contributed by atoms with van der Waals surface area (Å²) in [6.07, 6.45) is 3.26. The Labute approximate surface area is 146 Å². The molecule has 2 unspecified atom stereocenters. The van der Waals surface area contributed by atoms with Gasteiger partial charge in [0, 0.05) is 19.1 Å². The summed E-state index contributed by atoms with van der Waals surface area (Å²) in [5, 5.41) is 6.41. The molecule has 1 fully saturated rings. The zero-order chi connectivity index (χ0) is 15.9. The van der Waals surface area contributed by atoms with Crippen molar-refractivity contribution >= 4 is 18.3 Å². The number of carbonyl (C=O) groups is 1. The van der Waals surface area contributed by atoms with Crippen LogP contribution in [0.2, 0.25) is 0 Å². The number of rotatable bonds is 6. The van der Waals surface area contributed by atoms with Crippen LogP contribution in [0.4, 0.5) is 0 Å². The molecule has 2 rings (SSSR count). The number of hydrogen-bond acceptors (Lipinski definition) is 3. The maximum Gasteiger partial charge on any atom is 0.237 e. The van der Waals surface area contributed by atoms with E-state index in [2.05, 4.69) is 40.7 Å². The van der Waals surface area contributed by atoms with E-state index in [1.807, 2.05) is 20.0 Å². The Bertz CT molecular complexity index is 495. The molecule has 4 nitrogen and oxygen atoms in total. The molecule has 2 N–H and O–H groups in total. The second kappa shape index (κ2) is 9.91. The van der Waals surface area contributed by atoms with E-state index in [1.165, 1.54) is 17.5 Å². The molecule has 0 bridgehead atoms. The van der Waals surface area contributed by atoms with Crippen LogP contribution in [0, 0.1) is 6.92 Å². The number of benzene rings is 1. The maximum absolute atomic E-state index is 12.3. The number of likely N-dealkylation sites (tertiary alicyclic amines) is 1. The standard InChI is InChI=1S/C18H29N3O.ClH/c1-14-7-4-5-8-16(14)10-11-20-18(22)15(2)21-12-6-9-17(13-21)19-3;/h4-5,7-8,15,17,19H,6,9-13H2,1-3H3,(H,20,22);1H. The first kappa shape index (κ1) is 19.9. The van der Waals surface area contributed by atoms with Gasteiger partial charge >= 0.3 is 0 Å². The van der Waals surface area contributed by atoms with Crippen molar-refractivity contribution in [3.63, 3.8) is 0 Å². The Morgan fingerprint density at radius 3 is 2.83 bits per heavy atom. The fraction of sp³-hybridized carbons (Fsp3) is 0.611. The van der Waals surface area contributed by atoms with Gasteiger partial charge in [-0.3, -0.25) is 9.69 Å². The minimum atomic E-state index is -0.0481. The summed E-state index contributed by atoms with van der Waals surface area (Å²) < 4.78 is 0. The first-order valence-corrected chi connectivity index (χ1v) is 8.35. The van der Waals surface area contributed by atoms with Crippen LogP contribution in [0.1, 0.15) is 30.9 Å². The van der Waals surface area contributed by atoms with E-state index in [1.54, 1.807) is 0 Å². The van der Waals surface area contributed by atoms with Crippen molar-refractivity contribution in [2.24, 2.45) is 0 Å². The van der Waals surface area contributed by atoms with E-state index >= 15 is 0 Å². The molecule has 0 radical (unpaired) electrons. The molecule has 0 aliphatic carbocycles. The predicted molar refractivity (Wildman–Crippen MR) is 98.3 cm³/mol. The molecule has 1 aromatic rings. The number of nitrogens with zero attached hydrogens (tertiary/aromatic N) is 1. The van der Waals surface area contributed by atoms with Gasteiger partial charge in [-0.25, -0.2) is 0 Å². The molecular formula is C18H30ClN3O. The monoisotopic (exact) mass is 339 g/mol. The number of nitrogens with one attached hydrogen (secondary N) is 2. The lowest BCUT2D eigenvalue weighted by Crippen LogP contribution is -2.52. The van der Waals surface area contributed by atoms with Crippen LogP contribution in [-0.2, 0) is 11.2 Å². The van der Waals surface area contributed by atoms with Gasteiger partial charge in [0.1, 0.15) is 0 Å². The van der Waals surface area contributed by atoms with E-state index in [-0.39, 0.29) is 24.4 Å². The van der Waals surface area contributed by atoms with Crippen LogP contribution in [0.3, 0.4) is 0 Å². The number of carbonyl (C=O) groups excluding carboxylic acids is 1. The first-order chi connectivity index (χ1) is 10.6. The smallest absolute Gasteiger partial charge is 0.237 e. The third-order valence-corrected chi connectivity index (χ3v) is 4.74. The summed E-state index contributed by atoms with van der Waals surface area (Å²) in [4.78, 5) is 14.6. The van der Waals surface area contributed by atoms with Gasteiger partial charge in [0.25, 0.3) is 0 Å². The quantitative estimate of drug-likeness (QED) is 0.834. The van der Waals surface area contributed by atoms with E-state index in [4.69, 9.17) is 0 Å². The topological polar surface area (TPSA) is 44.4 Å². The largest absolute Gasteiger partial charge is 0.354 e. The van der Waals surface area contributed by atoms with Crippen LogP contribution in [0.5, 0.6) is 0 Å². The fourth-order valence-corrected chi connectivity index (χ4v) is 3.12. The molecule has 130 valence electrons. The van der Waals surface area contributed by atoms with E-state index < -0.39 is 0 Å². The number of likely N-dealkylation sites (N-methyl/N-ethyl adjacent to an activating group) is 1. The van der Waals surface area contributed by atoms with Crippen molar-refractivity contribution in [2.75, 3.05) is 26.7 Å². The highest BCUT2D eigenvalue weighted by molar-refractivity contribution is 5.85. The van der Waals surface area contributed by atoms with E-state index in [0.717, 1.165) is 25.9 Å². The molecule has 2 atom stereocenters. The number of aryl methyl sites for hydroxylation is 1. The van der Waals surface area contributed by atoms with Crippen molar-refractivity contribution in [1.29, 1.82) is 0 Å². The lowest BCUT2D eigenvalue weighted by Gasteiger charge is -2.35. The zero-order valence-electron chi connectivity index (χ0n) is 14.5. The summed E-state index contributed by atoms with van der Waals surface area (Å²) in [6.45, 7) is 6.82. The molecule has 1 heterocycles. The highest BCUT2D eigenvalue weighted by Crippen LogP contribution is 2.13. The van der Waals surface area contributed by atoms with Gasteiger partial charge in [0.15, 0.2) is 0 Å². The van der Waals surface area contributed by atoms with Gasteiger partial charge in [-0.15, -0.1) is 12.4 Å². The summed E-state index contributed by atoms with van der Waals surface area (Å²) in [6, 6.07) is 8.81. The van der Waals surface area contributed by atoms with Crippen molar-refractivity contribution in [3.05, 3.63) is 35.4 Å². The zero-order valence-corrected chi connectivity index (χ0v) is 15.3. The Morgan fingerprint density at radius 1 is 1.39 bits per heavy atom. The SMILES string of the molecule is CNC1CCCN(C(C)C(=O)NCCc2ccccc2C)C1.Cl. The van der Waals surface area contributed by atoms with Gasteiger partial charge < -0.3 is 10.6 Å². The molecule has 1 aliphatic heterocycles. The number of piperidine rings is 1. The third kappa shape index (κ3) is 5.79. The second-order valence-electron chi connectivity index (χ2n) is 6.27. The van der Waals surface area contributed by atoms with Crippen molar-refractivity contribution in [2.45, 2.75) is 45.2 Å². The molecule has 1 saturated heterocycles. The normalized spacial score (nSPS) is 19.7. The number of halogens is 1. The highest BCUT2D eigenvalue weighted by Gasteiger charge is 2.26. The molecule has 0 spiro atoms. The van der Waals surface area contributed by atoms with Crippen LogP contribution in [-0.4, -0.2) is 49.6 Å². The van der Waals surface area contributed by atoms with E-state index in [9.17, 15) is 4.79 Å². The Kier molecular flexibility index (Phi) is 8.59. The van der Waals surface area contributed by atoms with Crippen LogP contribution >= 0.6 is 12.4 Å². The Morgan fingerprint density at radius 2 is 2.13 bits per heavy atom. The van der Waals surface area contributed by atoms with Crippen LogP contribution in [0.25, 0.3) is 0 Å². The Hall–Kier alpha value is -1.10. The molecule has 1 amide bonds. The molecule has 23 heavy (non-hydrogen) atoms. The van der Waals surface area contributed by atoms with E-state index in [0.29, 0.717) is 12.6 Å². The fourth-order valence-electron chi connectivity index (χ4n) is 3.12. The van der Waals surface area contributed by atoms with Gasteiger partial charge in [-0.2, -0.15) is 0 Å². The minimum Gasteiger partial charge on any atom is -0.354 e. The third-order valence-electron chi connectivity index (χ3n) is 4.74. The lowest BCUT2D eigenvalue weighted by molar-refractivity contribution is -0.126. The summed E-state index contributed by atoms with van der Waals surface area (Å²) >= 11 is 0. The summed E-state index contributed by atoms with van der Waals surface area (Å²) in [7, 11) is 2.00. The molecule has 0 aromatic heterocycles. The van der Waals surface area contributed by atoms with Gasteiger partial charge in [0.05, 0.1) is 6.04 Å². The second-order valence-corrected chi connectivity index (χ2v) is 6.27. The maximum atomic E-state index is 12.3. The summed E-state index contributed by atoms with van der Waals surface area (Å²) in [5.41, 5.74) is 2.60. The van der Waals surface area contributed by atoms with Crippen molar-refractivity contribution < 1.29 is 4.79 Å². The lowest BCUT2D eigenvalue weighted by atomic mass is 10.0. The average Bonchev–Trinajstić information content (AvgIpc) is 2.55. The van der Waals surface area contributed by atoms with Crippen LogP contribution < -0.4 is 10.6 Å². The average molecular weight is 340 g/mol. The molecule has 5 heteroatoms. The minimum absolute atomic E-state index is 0. The van der Waals surface area contributed by atoms with Gasteiger partial charge in [-0.1, -0.05) is 24.3 Å². The van der Waals surface area contributed by atoms with Crippen LogP contribution in [0.15, 0.2) is 24.3 Å². The molecular weight excluding hydrogens is 310 g/mol. The molecule has 0 saturated carbocycles. The number of hydrogen-bond donors (Lipinski definition) is 2. The predicted octanol–water partition coefficient (Wildman–Crippen LogP) is 2.15. The van der Waals surface area contributed by atoms with Crippen molar-refractivity contribution in [1.82, 2.24) is 15.5 Å². The summed E-state index contributed by atoms with van der Waals surface area (Å²) in [5.74, 6) is 0.144. The first-order valence-electron chi connectivity index (χ1n) is 8.35. The van der Waals surface area contributed by atoms with Gasteiger partial charge in [0.2, 0.25) is 5.91 Å². The van der Waals surface area contributed by atoms with Crippen molar-refractivity contribution in [3.8, 4) is 0 Å². The Balaban J connectivity index is 0.00000264. The molecule has 1 aliphatic rings. The molecule has 1 aromatic carbocycles. The number of amides is 1. The highest BCUT2D eigenvalue weighted by atomic mass is 35.5. The van der Waals surface area contributed by atoms with Gasteiger partial charge in [-0.05, 0) is 57.8 Å².